The van der Waals surface area contributed by atoms with E-state index < -0.39 is 12.0 Å². The van der Waals surface area contributed by atoms with Gasteiger partial charge in [-0.2, -0.15) is 0 Å². The van der Waals surface area contributed by atoms with E-state index in [1.54, 1.807) is 42.2 Å². The minimum absolute atomic E-state index is 0.107. The number of ketones is 1. The summed E-state index contributed by atoms with van der Waals surface area (Å²) in [4.78, 5) is 40.5. The maximum Gasteiger partial charge on any atom is 0.328 e. The summed E-state index contributed by atoms with van der Waals surface area (Å²) in [6.07, 6.45) is 0.972. The number of rotatable bonds is 14. The molecule has 4 rings (SSSR count). The third-order valence-corrected chi connectivity index (χ3v) is 7.20. The normalized spacial score (nSPS) is 11.2. The number of nitrogens with one attached hydrogen (secondary N) is 1. The molecule has 7 nitrogen and oxygen atoms in total. The number of carbonyl (C=O) groups is 3. The van der Waals surface area contributed by atoms with Gasteiger partial charge in [-0.15, -0.1) is 0 Å². The van der Waals surface area contributed by atoms with Crippen molar-refractivity contribution < 1.29 is 23.9 Å². The fourth-order valence-corrected chi connectivity index (χ4v) is 4.87. The van der Waals surface area contributed by atoms with Gasteiger partial charge in [-0.25, -0.2) is 4.79 Å². The predicted octanol–water partition coefficient (Wildman–Crippen LogP) is 6.80. The van der Waals surface area contributed by atoms with Gasteiger partial charge in [0.1, 0.15) is 11.8 Å². The van der Waals surface area contributed by atoms with Gasteiger partial charge in [0.25, 0.3) is 5.91 Å². The lowest BCUT2D eigenvalue weighted by Crippen LogP contribution is -2.33. The van der Waals surface area contributed by atoms with Crippen LogP contribution >= 0.6 is 0 Å². The van der Waals surface area contributed by atoms with Crippen molar-refractivity contribution >= 4 is 29.0 Å². The standard InChI is InChI=1S/C37H38N2O5/c1-26(2)36(41)39(34-18-11-8-13-27(34)3)23-12-24-44-30-21-19-28(20-22-30)25-33(37(42)43-4)38-32-17-10-9-16-31(32)35(40)29-14-6-5-7-15-29/h5-11,13-22,33,38H,1,12,23-25H2,2-4H3/t33-/m0/s1. The van der Waals surface area contributed by atoms with Crippen LogP contribution in [-0.2, 0) is 20.7 Å². The number of nitrogens with zero attached hydrogens (tertiary/aromatic N) is 1. The largest absolute Gasteiger partial charge is 0.494 e. The quantitative estimate of drug-likeness (QED) is 0.0753. The van der Waals surface area contributed by atoms with E-state index in [9.17, 15) is 14.4 Å². The molecule has 0 bridgehead atoms. The maximum atomic E-state index is 13.2. The first-order valence-electron chi connectivity index (χ1n) is 14.6. The number of carbonyl (C=O) groups excluding carboxylic acids is 3. The minimum Gasteiger partial charge on any atom is -0.494 e. The van der Waals surface area contributed by atoms with Crippen molar-refractivity contribution in [3.63, 3.8) is 0 Å². The Bertz CT molecular complexity index is 1600. The Morgan fingerprint density at radius 1 is 0.864 bits per heavy atom. The number of hydrogen-bond acceptors (Lipinski definition) is 6. The molecule has 0 aliphatic carbocycles. The van der Waals surface area contributed by atoms with Crippen molar-refractivity contribution in [2.75, 3.05) is 30.5 Å². The fraction of sp³-hybridized carbons (Fsp3) is 0.216. The van der Waals surface area contributed by atoms with Crippen LogP contribution in [0.2, 0.25) is 0 Å². The van der Waals surface area contributed by atoms with E-state index in [0.29, 0.717) is 54.1 Å². The fourth-order valence-electron chi connectivity index (χ4n) is 4.87. The third-order valence-electron chi connectivity index (χ3n) is 7.20. The highest BCUT2D eigenvalue weighted by Gasteiger charge is 2.23. The van der Waals surface area contributed by atoms with Gasteiger partial charge in [-0.1, -0.05) is 79.4 Å². The summed E-state index contributed by atoms with van der Waals surface area (Å²) in [5, 5.41) is 3.23. The molecule has 1 amide bonds. The molecular weight excluding hydrogens is 552 g/mol. The molecule has 0 saturated heterocycles. The molecule has 0 aliphatic rings. The molecule has 226 valence electrons. The first kappa shape index (κ1) is 31.8. The van der Waals surface area contributed by atoms with Gasteiger partial charge < -0.3 is 19.7 Å². The topological polar surface area (TPSA) is 84.9 Å². The Morgan fingerprint density at radius 3 is 2.20 bits per heavy atom. The second kappa shape index (κ2) is 15.3. The average molecular weight is 591 g/mol. The zero-order valence-electron chi connectivity index (χ0n) is 25.4. The number of methoxy groups -OCH3 is 1. The van der Waals surface area contributed by atoms with Gasteiger partial charge >= 0.3 is 5.97 Å². The summed E-state index contributed by atoms with van der Waals surface area (Å²) in [5.41, 5.74) is 4.86. The molecule has 1 atom stereocenters. The second-order valence-corrected chi connectivity index (χ2v) is 10.5. The van der Waals surface area contributed by atoms with Crippen LogP contribution in [0.4, 0.5) is 11.4 Å². The van der Waals surface area contributed by atoms with E-state index in [1.807, 2.05) is 79.7 Å². The Morgan fingerprint density at radius 2 is 1.52 bits per heavy atom. The van der Waals surface area contributed by atoms with Crippen molar-refractivity contribution in [2.45, 2.75) is 32.7 Å². The first-order valence-corrected chi connectivity index (χ1v) is 14.6. The number of hydrogen-bond donors (Lipinski definition) is 1. The first-order chi connectivity index (χ1) is 21.3. The average Bonchev–Trinajstić information content (AvgIpc) is 3.05. The van der Waals surface area contributed by atoms with Crippen LogP contribution in [0.25, 0.3) is 0 Å². The van der Waals surface area contributed by atoms with Crippen LogP contribution in [0.15, 0.2) is 115 Å². The van der Waals surface area contributed by atoms with Crippen LogP contribution in [0, 0.1) is 6.92 Å². The van der Waals surface area contributed by atoms with Crippen LogP contribution in [0.3, 0.4) is 0 Å². The molecule has 0 aliphatic heterocycles. The summed E-state index contributed by atoms with van der Waals surface area (Å²) in [5.74, 6) is 0.00733. The molecule has 0 spiro atoms. The van der Waals surface area contributed by atoms with Crippen LogP contribution in [0.5, 0.6) is 5.75 Å². The summed E-state index contributed by atoms with van der Waals surface area (Å²) in [6, 6.07) is 30.8. The molecule has 44 heavy (non-hydrogen) atoms. The molecule has 0 aromatic heterocycles. The molecule has 7 heteroatoms. The van der Waals surface area contributed by atoms with Crippen molar-refractivity contribution in [3.8, 4) is 5.75 Å². The van der Waals surface area contributed by atoms with Crippen molar-refractivity contribution in [3.05, 3.63) is 138 Å². The molecule has 0 unspecified atom stereocenters. The molecule has 4 aromatic rings. The molecule has 1 N–H and O–H groups in total. The number of benzene rings is 4. The number of para-hydroxylation sites is 2. The Kier molecular flexibility index (Phi) is 11.1. The van der Waals surface area contributed by atoms with E-state index in [2.05, 4.69) is 11.9 Å². The zero-order chi connectivity index (χ0) is 31.5. The highest BCUT2D eigenvalue weighted by molar-refractivity contribution is 6.12. The molecular formula is C37H38N2O5. The van der Waals surface area contributed by atoms with Gasteiger partial charge in [-0.3, -0.25) is 9.59 Å². The smallest absolute Gasteiger partial charge is 0.328 e. The lowest BCUT2D eigenvalue weighted by Gasteiger charge is -2.24. The zero-order valence-corrected chi connectivity index (χ0v) is 25.4. The Hall–Kier alpha value is -5.17. The summed E-state index contributed by atoms with van der Waals surface area (Å²) in [6.45, 7) is 8.44. The highest BCUT2D eigenvalue weighted by Crippen LogP contribution is 2.23. The number of ether oxygens (including phenoxy) is 2. The van der Waals surface area contributed by atoms with Gasteiger partial charge in [0.05, 0.1) is 13.7 Å². The number of esters is 1. The lowest BCUT2D eigenvalue weighted by molar-refractivity contribution is -0.141. The molecule has 0 fully saturated rings. The van der Waals surface area contributed by atoms with Crippen LogP contribution in [0.1, 0.15) is 40.4 Å². The Balaban J connectivity index is 1.38. The summed E-state index contributed by atoms with van der Waals surface area (Å²) >= 11 is 0. The summed E-state index contributed by atoms with van der Waals surface area (Å²) < 4.78 is 11.0. The number of anilines is 2. The van der Waals surface area contributed by atoms with E-state index in [0.717, 1.165) is 16.8 Å². The minimum atomic E-state index is -0.713. The highest BCUT2D eigenvalue weighted by atomic mass is 16.5. The van der Waals surface area contributed by atoms with Gasteiger partial charge in [0.2, 0.25) is 0 Å². The van der Waals surface area contributed by atoms with Crippen molar-refractivity contribution in [1.29, 1.82) is 0 Å². The SMILES string of the molecule is C=C(C)C(=O)N(CCCOc1ccc(C[C@H](Nc2ccccc2C(=O)c2ccccc2)C(=O)OC)cc1)c1ccccc1C. The van der Waals surface area contributed by atoms with Crippen molar-refractivity contribution in [2.24, 2.45) is 0 Å². The van der Waals surface area contributed by atoms with Gasteiger partial charge in [0, 0.05) is 41.0 Å². The van der Waals surface area contributed by atoms with Crippen LogP contribution in [-0.4, -0.2) is 44.0 Å². The van der Waals surface area contributed by atoms with Gasteiger partial charge in [-0.05, 0) is 61.7 Å². The monoisotopic (exact) mass is 590 g/mol. The second-order valence-electron chi connectivity index (χ2n) is 10.5. The number of aryl methyl sites for hydroxylation is 1. The third kappa shape index (κ3) is 8.22. The Labute approximate surface area is 259 Å². The van der Waals surface area contributed by atoms with Crippen molar-refractivity contribution in [1.82, 2.24) is 0 Å². The summed E-state index contributed by atoms with van der Waals surface area (Å²) in [7, 11) is 1.35. The lowest BCUT2D eigenvalue weighted by atomic mass is 10.00. The molecule has 0 heterocycles. The van der Waals surface area contributed by atoms with E-state index in [4.69, 9.17) is 9.47 Å². The van der Waals surface area contributed by atoms with E-state index >= 15 is 0 Å². The maximum absolute atomic E-state index is 13.2. The number of amides is 1. The predicted molar refractivity (Wildman–Crippen MR) is 174 cm³/mol. The van der Waals surface area contributed by atoms with E-state index in [-0.39, 0.29) is 11.7 Å². The van der Waals surface area contributed by atoms with Crippen LogP contribution < -0.4 is 15.0 Å². The molecule has 0 saturated carbocycles. The van der Waals surface area contributed by atoms with Gasteiger partial charge in [0.15, 0.2) is 5.78 Å². The molecule has 0 radical (unpaired) electrons. The molecule has 4 aromatic carbocycles. The van der Waals surface area contributed by atoms with E-state index in [1.165, 1.54) is 7.11 Å².